The number of nitrogens with zero attached hydrogens (tertiary/aromatic N) is 2. The second kappa shape index (κ2) is 4.71. The SMILES string of the molecule is COc1ccc(N2CC(CO)CC2=O)c(C)n1. The number of carbonyl (C=O) groups is 1. The number of hydrogen-bond donors (Lipinski definition) is 1. The molecule has 1 unspecified atom stereocenters. The number of ether oxygens (including phenoxy) is 1. The quantitative estimate of drug-likeness (QED) is 0.841. The summed E-state index contributed by atoms with van der Waals surface area (Å²) in [6.07, 6.45) is 0.405. The Bertz CT molecular complexity index is 434. The topological polar surface area (TPSA) is 62.7 Å². The first-order chi connectivity index (χ1) is 8.15. The van der Waals surface area contributed by atoms with Gasteiger partial charge in [-0.25, -0.2) is 4.98 Å². The minimum atomic E-state index is 0.0315. The number of aliphatic hydroxyl groups excluding tert-OH is 1. The summed E-state index contributed by atoms with van der Waals surface area (Å²) in [5.74, 6) is 0.611. The zero-order valence-corrected chi connectivity index (χ0v) is 10.0. The van der Waals surface area contributed by atoms with Crippen LogP contribution in [-0.4, -0.2) is 36.3 Å². The number of aryl methyl sites for hydroxylation is 1. The molecule has 5 nitrogen and oxygen atoms in total. The predicted octanol–water partition coefficient (Wildman–Crippen LogP) is 0.744. The lowest BCUT2D eigenvalue weighted by atomic mass is 10.1. The molecular weight excluding hydrogens is 220 g/mol. The Morgan fingerprint density at radius 3 is 2.88 bits per heavy atom. The molecule has 1 saturated heterocycles. The van der Waals surface area contributed by atoms with Gasteiger partial charge in [0, 0.05) is 31.6 Å². The summed E-state index contributed by atoms with van der Waals surface area (Å²) in [5, 5.41) is 9.09. The highest BCUT2D eigenvalue weighted by Gasteiger charge is 2.31. The van der Waals surface area contributed by atoms with Crippen LogP contribution in [-0.2, 0) is 4.79 Å². The van der Waals surface area contributed by atoms with Crippen molar-refractivity contribution >= 4 is 11.6 Å². The Balaban J connectivity index is 2.26. The zero-order valence-electron chi connectivity index (χ0n) is 10.0. The molecule has 1 aliphatic heterocycles. The van der Waals surface area contributed by atoms with Gasteiger partial charge in [-0.3, -0.25) is 4.79 Å². The van der Waals surface area contributed by atoms with Crippen LogP contribution >= 0.6 is 0 Å². The van der Waals surface area contributed by atoms with Gasteiger partial charge in [0.25, 0.3) is 0 Å². The minimum absolute atomic E-state index is 0.0315. The van der Waals surface area contributed by atoms with Crippen LogP contribution in [0, 0.1) is 12.8 Å². The lowest BCUT2D eigenvalue weighted by Crippen LogP contribution is -2.26. The average Bonchev–Trinajstić information content (AvgIpc) is 2.70. The van der Waals surface area contributed by atoms with Gasteiger partial charge in [-0.2, -0.15) is 0 Å². The average molecular weight is 236 g/mol. The van der Waals surface area contributed by atoms with Crippen molar-refractivity contribution in [3.63, 3.8) is 0 Å². The van der Waals surface area contributed by atoms with E-state index in [2.05, 4.69) is 4.98 Å². The van der Waals surface area contributed by atoms with Crippen molar-refractivity contribution in [2.75, 3.05) is 25.2 Å². The Kier molecular flexibility index (Phi) is 3.28. The molecule has 0 bridgehead atoms. The first kappa shape index (κ1) is 11.9. The normalized spacial score (nSPS) is 19.8. The number of rotatable bonds is 3. The third-order valence-electron chi connectivity index (χ3n) is 3.00. The van der Waals surface area contributed by atoms with Gasteiger partial charge in [-0.05, 0) is 13.0 Å². The fourth-order valence-electron chi connectivity index (χ4n) is 2.07. The van der Waals surface area contributed by atoms with Gasteiger partial charge in [-0.15, -0.1) is 0 Å². The van der Waals surface area contributed by atoms with Gasteiger partial charge in [-0.1, -0.05) is 0 Å². The predicted molar refractivity (Wildman–Crippen MR) is 63.1 cm³/mol. The molecule has 17 heavy (non-hydrogen) atoms. The number of carbonyl (C=O) groups excluding carboxylic acids is 1. The van der Waals surface area contributed by atoms with Crippen molar-refractivity contribution in [2.24, 2.45) is 5.92 Å². The maximum absolute atomic E-state index is 11.8. The van der Waals surface area contributed by atoms with Crippen molar-refractivity contribution in [2.45, 2.75) is 13.3 Å². The van der Waals surface area contributed by atoms with Gasteiger partial charge in [0.15, 0.2) is 0 Å². The molecule has 1 aliphatic rings. The summed E-state index contributed by atoms with van der Waals surface area (Å²) in [7, 11) is 1.56. The summed E-state index contributed by atoms with van der Waals surface area (Å²) < 4.78 is 5.03. The lowest BCUT2D eigenvalue weighted by Gasteiger charge is -2.18. The number of amides is 1. The minimum Gasteiger partial charge on any atom is -0.481 e. The van der Waals surface area contributed by atoms with E-state index in [0.717, 1.165) is 11.4 Å². The highest BCUT2D eigenvalue weighted by atomic mass is 16.5. The van der Waals surface area contributed by atoms with E-state index in [-0.39, 0.29) is 18.4 Å². The molecule has 2 rings (SSSR count). The van der Waals surface area contributed by atoms with Crippen LogP contribution in [0.15, 0.2) is 12.1 Å². The molecule has 0 aromatic carbocycles. The first-order valence-corrected chi connectivity index (χ1v) is 5.58. The van der Waals surface area contributed by atoms with E-state index in [1.165, 1.54) is 0 Å². The van der Waals surface area contributed by atoms with E-state index in [4.69, 9.17) is 9.84 Å². The van der Waals surface area contributed by atoms with Crippen LogP contribution in [0.1, 0.15) is 12.1 Å². The molecule has 0 spiro atoms. The lowest BCUT2D eigenvalue weighted by molar-refractivity contribution is -0.117. The number of anilines is 1. The summed E-state index contributed by atoms with van der Waals surface area (Å²) in [5.41, 5.74) is 1.56. The summed E-state index contributed by atoms with van der Waals surface area (Å²) in [6.45, 7) is 2.45. The largest absolute Gasteiger partial charge is 0.481 e. The van der Waals surface area contributed by atoms with Gasteiger partial charge in [0.2, 0.25) is 11.8 Å². The van der Waals surface area contributed by atoms with Gasteiger partial charge >= 0.3 is 0 Å². The van der Waals surface area contributed by atoms with Crippen LogP contribution < -0.4 is 9.64 Å². The Labute approximate surface area is 100 Å². The molecule has 1 N–H and O–H groups in total. The monoisotopic (exact) mass is 236 g/mol. The second-order valence-corrected chi connectivity index (χ2v) is 4.22. The second-order valence-electron chi connectivity index (χ2n) is 4.22. The van der Waals surface area contributed by atoms with Crippen molar-refractivity contribution < 1.29 is 14.6 Å². The number of aliphatic hydroxyl groups is 1. The zero-order chi connectivity index (χ0) is 12.4. The molecule has 0 radical (unpaired) electrons. The molecule has 0 saturated carbocycles. The van der Waals surface area contributed by atoms with Gasteiger partial charge in [0.05, 0.1) is 18.5 Å². The Morgan fingerprint density at radius 2 is 2.35 bits per heavy atom. The summed E-state index contributed by atoms with van der Waals surface area (Å²) >= 11 is 0. The van der Waals surface area contributed by atoms with Crippen LogP contribution in [0.2, 0.25) is 0 Å². The third kappa shape index (κ3) is 2.24. The van der Waals surface area contributed by atoms with Crippen molar-refractivity contribution in [3.8, 4) is 5.88 Å². The highest BCUT2D eigenvalue weighted by molar-refractivity contribution is 5.96. The van der Waals surface area contributed by atoms with Crippen molar-refractivity contribution in [1.82, 2.24) is 4.98 Å². The highest BCUT2D eigenvalue weighted by Crippen LogP contribution is 2.28. The molecule has 92 valence electrons. The molecule has 5 heteroatoms. The number of aromatic nitrogens is 1. The molecule has 1 fully saturated rings. The number of pyridine rings is 1. The smallest absolute Gasteiger partial charge is 0.227 e. The molecule has 1 amide bonds. The van der Waals surface area contributed by atoms with E-state index in [1.54, 1.807) is 18.1 Å². The van der Waals surface area contributed by atoms with E-state index in [9.17, 15) is 4.79 Å². The first-order valence-electron chi connectivity index (χ1n) is 5.58. The van der Waals surface area contributed by atoms with E-state index >= 15 is 0 Å². The molecule has 1 aromatic rings. The van der Waals surface area contributed by atoms with Gasteiger partial charge < -0.3 is 14.7 Å². The van der Waals surface area contributed by atoms with Crippen LogP contribution in [0.4, 0.5) is 5.69 Å². The molecule has 1 aromatic heterocycles. The molecule has 1 atom stereocenters. The van der Waals surface area contributed by atoms with Crippen LogP contribution in [0.25, 0.3) is 0 Å². The number of hydrogen-bond acceptors (Lipinski definition) is 4. The summed E-state index contributed by atoms with van der Waals surface area (Å²) in [6, 6.07) is 3.57. The molecular formula is C12H16N2O3. The fraction of sp³-hybridized carbons (Fsp3) is 0.500. The number of methoxy groups -OCH3 is 1. The van der Waals surface area contributed by atoms with E-state index in [0.29, 0.717) is 18.8 Å². The van der Waals surface area contributed by atoms with Crippen molar-refractivity contribution in [1.29, 1.82) is 0 Å². The molecule has 2 heterocycles. The van der Waals surface area contributed by atoms with E-state index < -0.39 is 0 Å². The maximum Gasteiger partial charge on any atom is 0.227 e. The van der Waals surface area contributed by atoms with Crippen LogP contribution in [0.5, 0.6) is 5.88 Å². The van der Waals surface area contributed by atoms with Crippen LogP contribution in [0.3, 0.4) is 0 Å². The molecule has 0 aliphatic carbocycles. The third-order valence-corrected chi connectivity index (χ3v) is 3.00. The maximum atomic E-state index is 11.8. The fourth-order valence-corrected chi connectivity index (χ4v) is 2.07. The summed E-state index contributed by atoms with van der Waals surface area (Å²) in [4.78, 5) is 17.7. The Morgan fingerprint density at radius 1 is 1.59 bits per heavy atom. The Hall–Kier alpha value is -1.62. The van der Waals surface area contributed by atoms with E-state index in [1.807, 2.05) is 13.0 Å². The standard InChI is InChI=1S/C12H16N2O3/c1-8-10(3-4-11(13-8)17-2)14-6-9(7-15)5-12(14)16/h3-4,9,15H,5-7H2,1-2H3. The van der Waals surface area contributed by atoms with Gasteiger partial charge in [0.1, 0.15) is 0 Å². The van der Waals surface area contributed by atoms with Crippen molar-refractivity contribution in [3.05, 3.63) is 17.8 Å².